The van der Waals surface area contributed by atoms with Gasteiger partial charge in [-0.15, -0.1) is 0 Å². The predicted octanol–water partition coefficient (Wildman–Crippen LogP) is 16.9. The minimum atomic E-state index is -0.0452. The summed E-state index contributed by atoms with van der Waals surface area (Å²) in [5, 5.41) is 4.59. The van der Waals surface area contributed by atoms with E-state index in [0.717, 1.165) is 73.7 Å². The SMILES string of the molecule is Cc1cc2c3c(c1)N(c1ccc(-c4cccc5oc6ccccc6c45)cc1)c1cc4c(cc1B3c1cc(C(C)(C)C)ccc1N2c1ccc(-c2cccc3oc5ccccc5c23)cc1)C(C)(C)CCC4(C)C. The van der Waals surface area contributed by atoms with Gasteiger partial charge in [-0.3, -0.25) is 0 Å². The van der Waals surface area contributed by atoms with E-state index in [4.69, 9.17) is 8.83 Å². The molecule has 9 aromatic carbocycles. The second kappa shape index (κ2) is 15.1. The summed E-state index contributed by atoms with van der Waals surface area (Å²) in [7, 11) is 0. The first-order chi connectivity index (χ1) is 34.7. The highest BCUT2D eigenvalue weighted by molar-refractivity contribution is 7.00. The number of anilines is 6. The zero-order valence-corrected chi connectivity index (χ0v) is 42.4. The Balaban J connectivity index is 0.995. The molecule has 5 heteroatoms. The number of hydrogen-bond acceptors (Lipinski definition) is 4. The van der Waals surface area contributed by atoms with Crippen LogP contribution in [0.5, 0.6) is 0 Å². The number of nitrogens with zero attached hydrogens (tertiary/aromatic N) is 2. The van der Waals surface area contributed by atoms with Gasteiger partial charge in [0.05, 0.1) is 0 Å². The number of aryl methyl sites for hydroxylation is 1. The van der Waals surface area contributed by atoms with E-state index >= 15 is 0 Å². The third kappa shape index (κ3) is 6.32. The summed E-state index contributed by atoms with van der Waals surface area (Å²) in [6, 6.07) is 65.7. The summed E-state index contributed by atoms with van der Waals surface area (Å²) in [6.45, 7) is 19.2. The molecule has 2 aromatic heterocycles. The van der Waals surface area contributed by atoms with Gasteiger partial charge in [-0.1, -0.05) is 152 Å². The lowest BCUT2D eigenvalue weighted by Crippen LogP contribution is -2.62. The lowest BCUT2D eigenvalue weighted by Gasteiger charge is -2.47. The summed E-state index contributed by atoms with van der Waals surface area (Å²) >= 11 is 0. The van der Waals surface area contributed by atoms with E-state index in [1.807, 2.05) is 12.1 Å². The van der Waals surface area contributed by atoms with Crippen molar-refractivity contribution in [1.82, 2.24) is 0 Å². The van der Waals surface area contributed by atoms with Crippen molar-refractivity contribution < 1.29 is 8.83 Å². The van der Waals surface area contributed by atoms with Crippen LogP contribution in [-0.4, -0.2) is 6.71 Å². The first-order valence-corrected chi connectivity index (χ1v) is 25.8. The molecule has 0 saturated carbocycles. The van der Waals surface area contributed by atoms with Crippen LogP contribution >= 0.6 is 0 Å². The van der Waals surface area contributed by atoms with Gasteiger partial charge >= 0.3 is 0 Å². The van der Waals surface area contributed by atoms with Crippen molar-refractivity contribution >= 4 is 101 Å². The molecule has 4 nitrogen and oxygen atoms in total. The molecule has 4 heterocycles. The predicted molar refractivity (Wildman–Crippen MR) is 305 cm³/mol. The van der Waals surface area contributed by atoms with Crippen molar-refractivity contribution in [3.8, 4) is 22.3 Å². The third-order valence-electron chi connectivity index (χ3n) is 16.7. The molecule has 0 N–H and O–H groups in total. The normalized spacial score (nSPS) is 15.5. The van der Waals surface area contributed by atoms with Crippen LogP contribution in [0.25, 0.3) is 66.1 Å². The molecule has 0 fully saturated rings. The van der Waals surface area contributed by atoms with E-state index in [0.29, 0.717) is 0 Å². The fourth-order valence-corrected chi connectivity index (χ4v) is 12.8. The maximum Gasteiger partial charge on any atom is 0.252 e. The molecule has 0 saturated heterocycles. The van der Waals surface area contributed by atoms with Gasteiger partial charge in [0.2, 0.25) is 0 Å². The van der Waals surface area contributed by atoms with Crippen molar-refractivity contribution in [3.05, 3.63) is 198 Å². The van der Waals surface area contributed by atoms with Crippen LogP contribution in [0, 0.1) is 6.92 Å². The fraction of sp³-hybridized carbons (Fsp3) is 0.194. The zero-order valence-electron chi connectivity index (χ0n) is 42.4. The quantitative estimate of drug-likeness (QED) is 0.165. The number of para-hydroxylation sites is 2. The summed E-state index contributed by atoms with van der Waals surface area (Å²) in [5.74, 6) is 0. The summed E-state index contributed by atoms with van der Waals surface area (Å²) in [5.41, 5.74) is 25.2. The Bertz CT molecular complexity index is 4050. The van der Waals surface area contributed by atoms with E-state index < -0.39 is 0 Å². The molecule has 0 atom stereocenters. The van der Waals surface area contributed by atoms with Crippen molar-refractivity contribution in [2.24, 2.45) is 0 Å². The van der Waals surface area contributed by atoms with Gasteiger partial charge in [0, 0.05) is 55.7 Å². The average molecular weight is 933 g/mol. The maximum absolute atomic E-state index is 6.37. The molecule has 0 spiro atoms. The van der Waals surface area contributed by atoms with Crippen LogP contribution in [0.4, 0.5) is 34.1 Å². The van der Waals surface area contributed by atoms with E-state index in [-0.39, 0.29) is 23.0 Å². The molecule has 0 radical (unpaired) electrons. The molecule has 350 valence electrons. The Hall–Kier alpha value is -7.76. The van der Waals surface area contributed by atoms with Crippen LogP contribution in [-0.2, 0) is 16.2 Å². The number of rotatable bonds is 4. The van der Waals surface area contributed by atoms with Gasteiger partial charge in [-0.2, -0.15) is 0 Å². The van der Waals surface area contributed by atoms with Crippen LogP contribution < -0.4 is 26.2 Å². The van der Waals surface area contributed by atoms with Crippen LogP contribution in [0.15, 0.2) is 185 Å². The van der Waals surface area contributed by atoms with Gasteiger partial charge in [-0.25, -0.2) is 0 Å². The zero-order chi connectivity index (χ0) is 49.0. The smallest absolute Gasteiger partial charge is 0.252 e. The summed E-state index contributed by atoms with van der Waals surface area (Å²) < 4.78 is 12.7. The lowest BCUT2D eigenvalue weighted by molar-refractivity contribution is 0.332. The standard InChI is InChI=1S/C67H57BN2O2/c1-40-35-56-64-57(36-40)70(45-30-25-42(26-31-45)47-18-14-22-61-63(47)49-16-10-12-20-59(49)72-61)55-39-51-50(66(5,6)33-34-67(51,7)8)38-53(55)68(64)52-37-43(65(2,3)4)27-32-54(52)69(56)44-28-23-41(24-29-44)46-17-13-21-60-62(46)48-15-9-11-19-58(48)71-60/h9-32,35-39H,33-34H2,1-8H3. The highest BCUT2D eigenvalue weighted by atomic mass is 16.3. The monoisotopic (exact) mass is 932 g/mol. The number of hydrogen-bond donors (Lipinski definition) is 0. The second-order valence-electron chi connectivity index (χ2n) is 23.2. The van der Waals surface area contributed by atoms with Crippen LogP contribution in [0.3, 0.4) is 0 Å². The van der Waals surface area contributed by atoms with E-state index in [1.165, 1.54) is 78.1 Å². The van der Waals surface area contributed by atoms with Gasteiger partial charge in [-0.05, 0) is 170 Å². The van der Waals surface area contributed by atoms with E-state index in [9.17, 15) is 0 Å². The van der Waals surface area contributed by atoms with E-state index in [2.05, 4.69) is 229 Å². The summed E-state index contributed by atoms with van der Waals surface area (Å²) in [4.78, 5) is 5.15. The highest BCUT2D eigenvalue weighted by Crippen LogP contribution is 2.51. The van der Waals surface area contributed by atoms with Gasteiger partial charge < -0.3 is 18.6 Å². The molecule has 2 aliphatic heterocycles. The van der Waals surface area contributed by atoms with Crippen LogP contribution in [0.1, 0.15) is 83.6 Å². The first kappa shape index (κ1) is 43.1. The van der Waals surface area contributed by atoms with Gasteiger partial charge in [0.1, 0.15) is 22.3 Å². The molecule has 0 unspecified atom stereocenters. The minimum Gasteiger partial charge on any atom is -0.456 e. The summed E-state index contributed by atoms with van der Waals surface area (Å²) in [6.07, 6.45) is 2.30. The fourth-order valence-electron chi connectivity index (χ4n) is 12.8. The number of furan rings is 2. The molecule has 0 bridgehead atoms. The molecule has 11 aromatic rings. The molecule has 0 amide bonds. The molecular formula is C67H57BN2O2. The Kier molecular flexibility index (Phi) is 9.05. The second-order valence-corrected chi connectivity index (χ2v) is 23.2. The van der Waals surface area contributed by atoms with E-state index in [1.54, 1.807) is 0 Å². The van der Waals surface area contributed by atoms with Gasteiger partial charge in [0.15, 0.2) is 0 Å². The average Bonchev–Trinajstić information content (AvgIpc) is 3.97. The topological polar surface area (TPSA) is 32.8 Å². The highest BCUT2D eigenvalue weighted by Gasteiger charge is 2.47. The lowest BCUT2D eigenvalue weighted by atomic mass is 9.33. The molecule has 3 aliphatic rings. The van der Waals surface area contributed by atoms with Crippen molar-refractivity contribution in [1.29, 1.82) is 0 Å². The maximum atomic E-state index is 6.37. The molecule has 72 heavy (non-hydrogen) atoms. The first-order valence-electron chi connectivity index (χ1n) is 25.8. The minimum absolute atomic E-state index is 0.0130. The Morgan fingerprint density at radius 3 is 1.46 bits per heavy atom. The van der Waals surface area contributed by atoms with Crippen molar-refractivity contribution in [2.45, 2.75) is 84.5 Å². The number of fused-ring (bicyclic) bond motifs is 11. The number of benzene rings is 9. The van der Waals surface area contributed by atoms with Crippen molar-refractivity contribution in [2.75, 3.05) is 9.80 Å². The third-order valence-corrected chi connectivity index (χ3v) is 16.7. The molecule has 1 aliphatic carbocycles. The largest absolute Gasteiger partial charge is 0.456 e. The van der Waals surface area contributed by atoms with Gasteiger partial charge in [0.25, 0.3) is 6.71 Å². The Morgan fingerprint density at radius 1 is 0.458 bits per heavy atom. The Morgan fingerprint density at radius 2 is 0.931 bits per heavy atom. The molecular weight excluding hydrogens is 876 g/mol. The Labute approximate surface area is 422 Å². The van der Waals surface area contributed by atoms with Crippen molar-refractivity contribution in [3.63, 3.8) is 0 Å². The molecule has 14 rings (SSSR count). The van der Waals surface area contributed by atoms with Crippen LogP contribution in [0.2, 0.25) is 0 Å².